The minimum absolute atomic E-state index is 0.297. The first-order valence-electron chi connectivity index (χ1n) is 6.82. The lowest BCUT2D eigenvalue weighted by molar-refractivity contribution is 0.106. The molecule has 2 rings (SSSR count). The summed E-state index contributed by atoms with van der Waals surface area (Å²) in [6, 6.07) is 9.89. The molecular weight excluding hydrogens is 252 g/mol. The molecule has 0 spiro atoms. The van der Waals surface area contributed by atoms with Crippen LogP contribution in [0.3, 0.4) is 0 Å². The van der Waals surface area contributed by atoms with Gasteiger partial charge in [0.15, 0.2) is 0 Å². The molecule has 1 unspecified atom stereocenters. The summed E-state index contributed by atoms with van der Waals surface area (Å²) in [7, 11) is 1.99. The molecule has 1 heterocycles. The second-order valence-corrected chi connectivity index (χ2v) is 5.10. The first-order valence-corrected chi connectivity index (χ1v) is 6.82. The number of rotatable bonds is 7. The molecule has 20 heavy (non-hydrogen) atoms. The summed E-state index contributed by atoms with van der Waals surface area (Å²) >= 11 is 0. The number of benzene rings is 1. The third-order valence-corrected chi connectivity index (χ3v) is 3.03. The van der Waals surface area contributed by atoms with Crippen LogP contribution in [0.4, 0.5) is 0 Å². The Balaban J connectivity index is 1.66. The zero-order valence-electron chi connectivity index (χ0n) is 12.0. The molecule has 108 valence electrons. The summed E-state index contributed by atoms with van der Waals surface area (Å²) in [5, 5.41) is 13.1. The number of ether oxygens (including phenoxy) is 1. The van der Waals surface area contributed by atoms with E-state index in [1.54, 1.807) is 0 Å². The number of aliphatic hydroxyl groups is 1. The van der Waals surface area contributed by atoms with Crippen molar-refractivity contribution in [3.8, 4) is 5.75 Å². The predicted molar refractivity (Wildman–Crippen MR) is 79.8 cm³/mol. The maximum absolute atomic E-state index is 9.87. The van der Waals surface area contributed by atoms with Crippen LogP contribution < -0.4 is 10.1 Å². The second-order valence-electron chi connectivity index (χ2n) is 5.10. The maximum atomic E-state index is 9.87. The molecule has 0 fully saturated rings. The van der Waals surface area contributed by atoms with E-state index < -0.39 is 6.10 Å². The average molecular weight is 274 g/mol. The van der Waals surface area contributed by atoms with Crippen molar-refractivity contribution in [2.45, 2.75) is 19.6 Å². The summed E-state index contributed by atoms with van der Waals surface area (Å²) in [6.07, 6.45) is 3.55. The zero-order valence-corrected chi connectivity index (χ0v) is 12.0. The normalized spacial score (nSPS) is 12.3. The van der Waals surface area contributed by atoms with Gasteiger partial charge in [0, 0.05) is 32.5 Å². The molecule has 0 aliphatic carbocycles. The van der Waals surface area contributed by atoms with E-state index in [1.165, 1.54) is 5.56 Å². The van der Waals surface area contributed by atoms with Gasteiger partial charge in [0.25, 0.3) is 0 Å². The molecule has 0 bridgehead atoms. The average Bonchev–Trinajstić information content (AvgIpc) is 2.82. The highest BCUT2D eigenvalue weighted by Gasteiger charge is 2.05. The summed E-state index contributed by atoms with van der Waals surface area (Å²) < 4.78 is 7.57. The maximum Gasteiger partial charge on any atom is 0.119 e. The zero-order chi connectivity index (χ0) is 14.4. The number of hydrogen-bond acceptors (Lipinski definition) is 3. The second kappa shape index (κ2) is 7.12. The van der Waals surface area contributed by atoms with Gasteiger partial charge in [-0.05, 0) is 36.2 Å². The molecule has 0 saturated heterocycles. The molecule has 1 atom stereocenters. The number of aromatic nitrogens is 1. The molecular formula is C16H22N2O2. The first-order chi connectivity index (χ1) is 9.63. The molecule has 0 aliphatic heterocycles. The van der Waals surface area contributed by atoms with Gasteiger partial charge >= 0.3 is 0 Å². The molecule has 4 nitrogen and oxygen atoms in total. The first kappa shape index (κ1) is 14.6. The lowest BCUT2D eigenvalue weighted by atomic mass is 10.2. The van der Waals surface area contributed by atoms with E-state index in [9.17, 15) is 5.11 Å². The fraction of sp³-hybridized carbons (Fsp3) is 0.375. The fourth-order valence-electron chi connectivity index (χ4n) is 2.01. The van der Waals surface area contributed by atoms with Crippen LogP contribution in [0.25, 0.3) is 0 Å². The van der Waals surface area contributed by atoms with Gasteiger partial charge in [-0.2, -0.15) is 0 Å². The topological polar surface area (TPSA) is 46.4 Å². The lowest BCUT2D eigenvalue weighted by Gasteiger charge is -2.13. The molecule has 0 radical (unpaired) electrons. The van der Waals surface area contributed by atoms with Crippen LogP contribution in [0.5, 0.6) is 5.75 Å². The van der Waals surface area contributed by atoms with Gasteiger partial charge in [0.1, 0.15) is 18.5 Å². The van der Waals surface area contributed by atoms with Crippen molar-refractivity contribution in [2.75, 3.05) is 13.2 Å². The molecule has 0 aliphatic rings. The van der Waals surface area contributed by atoms with Crippen molar-refractivity contribution in [3.05, 3.63) is 53.9 Å². The Hall–Kier alpha value is -1.78. The van der Waals surface area contributed by atoms with Crippen LogP contribution in [-0.2, 0) is 13.6 Å². The van der Waals surface area contributed by atoms with Gasteiger partial charge in [-0.25, -0.2) is 0 Å². The Bertz CT molecular complexity index is 537. The van der Waals surface area contributed by atoms with Crippen LogP contribution in [0.1, 0.15) is 11.1 Å². The number of hydrogen-bond donors (Lipinski definition) is 2. The highest BCUT2D eigenvalue weighted by Crippen LogP contribution is 2.12. The minimum Gasteiger partial charge on any atom is -0.491 e. The standard InChI is InChI=1S/C16H22N2O2/c1-13-4-3-5-16(8-13)20-12-15(19)10-17-9-14-6-7-18(2)11-14/h3-8,11,15,17,19H,9-10,12H2,1-2H3. The van der Waals surface area contributed by atoms with E-state index in [-0.39, 0.29) is 0 Å². The quantitative estimate of drug-likeness (QED) is 0.810. The van der Waals surface area contributed by atoms with Crippen molar-refractivity contribution in [1.29, 1.82) is 0 Å². The number of nitrogens with zero attached hydrogens (tertiary/aromatic N) is 1. The van der Waals surface area contributed by atoms with Crippen molar-refractivity contribution < 1.29 is 9.84 Å². The number of aliphatic hydroxyl groups excluding tert-OH is 1. The lowest BCUT2D eigenvalue weighted by Crippen LogP contribution is -2.31. The van der Waals surface area contributed by atoms with Crippen LogP contribution >= 0.6 is 0 Å². The molecule has 1 aromatic heterocycles. The smallest absolute Gasteiger partial charge is 0.119 e. The highest BCUT2D eigenvalue weighted by molar-refractivity contribution is 5.27. The highest BCUT2D eigenvalue weighted by atomic mass is 16.5. The number of nitrogens with one attached hydrogen (secondary N) is 1. The van der Waals surface area contributed by atoms with Crippen molar-refractivity contribution >= 4 is 0 Å². The predicted octanol–water partition coefficient (Wildman–Crippen LogP) is 1.86. The summed E-state index contributed by atoms with van der Waals surface area (Å²) in [5.41, 5.74) is 2.36. The van der Waals surface area contributed by atoms with Crippen LogP contribution in [0.15, 0.2) is 42.7 Å². The van der Waals surface area contributed by atoms with E-state index in [0.29, 0.717) is 13.2 Å². The van der Waals surface area contributed by atoms with Crippen LogP contribution in [0.2, 0.25) is 0 Å². The Morgan fingerprint density at radius 3 is 2.90 bits per heavy atom. The third-order valence-electron chi connectivity index (χ3n) is 3.03. The van der Waals surface area contributed by atoms with E-state index in [2.05, 4.69) is 17.6 Å². The van der Waals surface area contributed by atoms with E-state index in [4.69, 9.17) is 4.74 Å². The molecule has 2 aromatic rings. The molecule has 1 aromatic carbocycles. The molecule has 4 heteroatoms. The van der Waals surface area contributed by atoms with E-state index >= 15 is 0 Å². The fourth-order valence-corrected chi connectivity index (χ4v) is 2.01. The van der Waals surface area contributed by atoms with Crippen molar-refractivity contribution in [3.63, 3.8) is 0 Å². The summed E-state index contributed by atoms with van der Waals surface area (Å²) in [6.45, 7) is 3.58. The summed E-state index contributed by atoms with van der Waals surface area (Å²) in [4.78, 5) is 0. The van der Waals surface area contributed by atoms with Gasteiger partial charge in [0.05, 0.1) is 0 Å². The molecule has 0 amide bonds. The van der Waals surface area contributed by atoms with Gasteiger partial charge in [0.2, 0.25) is 0 Å². The third kappa shape index (κ3) is 4.72. The summed E-state index contributed by atoms with van der Waals surface area (Å²) in [5.74, 6) is 0.798. The van der Waals surface area contributed by atoms with E-state index in [0.717, 1.165) is 17.9 Å². The Labute approximate surface area is 120 Å². The largest absolute Gasteiger partial charge is 0.491 e. The molecule has 0 saturated carbocycles. The Morgan fingerprint density at radius 1 is 1.35 bits per heavy atom. The van der Waals surface area contributed by atoms with Gasteiger partial charge < -0.3 is 19.7 Å². The minimum atomic E-state index is -0.515. The number of aryl methyl sites for hydroxylation is 2. The van der Waals surface area contributed by atoms with Crippen LogP contribution in [-0.4, -0.2) is 28.9 Å². The van der Waals surface area contributed by atoms with E-state index in [1.807, 2.05) is 49.0 Å². The molecule has 2 N–H and O–H groups in total. The monoisotopic (exact) mass is 274 g/mol. The van der Waals surface area contributed by atoms with Crippen molar-refractivity contribution in [1.82, 2.24) is 9.88 Å². The van der Waals surface area contributed by atoms with Crippen molar-refractivity contribution in [2.24, 2.45) is 7.05 Å². The Kier molecular flexibility index (Phi) is 5.21. The van der Waals surface area contributed by atoms with Gasteiger partial charge in [-0.3, -0.25) is 0 Å². The SMILES string of the molecule is Cc1cccc(OCC(O)CNCc2ccn(C)c2)c1. The van der Waals surface area contributed by atoms with Gasteiger partial charge in [-0.1, -0.05) is 12.1 Å². The van der Waals surface area contributed by atoms with Gasteiger partial charge in [-0.15, -0.1) is 0 Å². The Morgan fingerprint density at radius 2 is 2.20 bits per heavy atom. The van der Waals surface area contributed by atoms with Crippen LogP contribution in [0, 0.1) is 6.92 Å².